The van der Waals surface area contributed by atoms with Gasteiger partial charge in [0.1, 0.15) is 18.1 Å². The fraction of sp³-hybridized carbons (Fsp3) is 0.235. The van der Waals surface area contributed by atoms with E-state index in [1.165, 1.54) is 0 Å². The van der Waals surface area contributed by atoms with Crippen LogP contribution in [-0.2, 0) is 0 Å². The van der Waals surface area contributed by atoms with Crippen LogP contribution in [0.25, 0.3) is 0 Å². The molecule has 122 valence electrons. The molecule has 0 fully saturated rings. The van der Waals surface area contributed by atoms with Gasteiger partial charge in [-0.2, -0.15) is 0 Å². The van der Waals surface area contributed by atoms with Gasteiger partial charge in [0.05, 0.1) is 23.9 Å². The molecule has 0 amide bonds. The first-order valence-electron chi connectivity index (χ1n) is 7.17. The second kappa shape index (κ2) is 8.60. The molecule has 23 heavy (non-hydrogen) atoms. The van der Waals surface area contributed by atoms with E-state index in [1.807, 2.05) is 55.5 Å². The molecule has 6 heteroatoms. The zero-order valence-corrected chi connectivity index (χ0v) is 14.6. The van der Waals surface area contributed by atoms with Gasteiger partial charge in [-0.15, -0.1) is 0 Å². The number of hydrogen-bond donors (Lipinski definition) is 2. The van der Waals surface area contributed by atoms with Crippen LogP contribution in [0.2, 0.25) is 5.02 Å². The van der Waals surface area contributed by atoms with Crippen molar-refractivity contribution in [2.75, 3.05) is 19.0 Å². The van der Waals surface area contributed by atoms with Crippen LogP contribution < -0.4 is 20.1 Å². The first-order valence-corrected chi connectivity index (χ1v) is 7.96. The number of para-hydroxylation sites is 1. The summed E-state index contributed by atoms with van der Waals surface area (Å²) in [6.07, 6.45) is 0. The monoisotopic (exact) mass is 350 g/mol. The summed E-state index contributed by atoms with van der Waals surface area (Å²) < 4.78 is 10.8. The standard InChI is InChI=1S/C17H19ClN2O2S/c1-12(11-22-14-9-7-13(21-2)8-10-14)19-17(23)20-16-6-4-3-5-15(16)18/h3-10,12H,11H2,1-2H3,(H2,19,20,23)/t12-/m0/s1. The lowest BCUT2D eigenvalue weighted by molar-refractivity contribution is 0.286. The van der Waals surface area contributed by atoms with E-state index in [9.17, 15) is 0 Å². The number of ether oxygens (including phenoxy) is 2. The van der Waals surface area contributed by atoms with Crippen LogP contribution in [0.3, 0.4) is 0 Å². The molecule has 1 atom stereocenters. The van der Waals surface area contributed by atoms with Crippen molar-refractivity contribution in [3.05, 3.63) is 53.6 Å². The van der Waals surface area contributed by atoms with Gasteiger partial charge in [0.2, 0.25) is 0 Å². The number of thiocarbonyl (C=S) groups is 1. The molecule has 0 aliphatic carbocycles. The highest BCUT2D eigenvalue weighted by atomic mass is 35.5. The molecule has 0 aliphatic rings. The minimum Gasteiger partial charge on any atom is -0.497 e. The van der Waals surface area contributed by atoms with E-state index in [-0.39, 0.29) is 6.04 Å². The fourth-order valence-electron chi connectivity index (χ4n) is 1.88. The van der Waals surface area contributed by atoms with Crippen LogP contribution in [0, 0.1) is 0 Å². The van der Waals surface area contributed by atoms with E-state index >= 15 is 0 Å². The molecule has 0 saturated carbocycles. The van der Waals surface area contributed by atoms with Crippen LogP contribution in [-0.4, -0.2) is 24.9 Å². The van der Waals surface area contributed by atoms with Gasteiger partial charge in [-0.25, -0.2) is 0 Å². The van der Waals surface area contributed by atoms with E-state index in [1.54, 1.807) is 7.11 Å². The van der Waals surface area contributed by atoms with Crippen molar-refractivity contribution in [2.24, 2.45) is 0 Å². The zero-order chi connectivity index (χ0) is 16.7. The Hall–Kier alpha value is -1.98. The lowest BCUT2D eigenvalue weighted by Crippen LogP contribution is -2.39. The van der Waals surface area contributed by atoms with E-state index in [0.717, 1.165) is 17.2 Å². The number of nitrogens with one attached hydrogen (secondary N) is 2. The van der Waals surface area contributed by atoms with Gasteiger partial charge in [-0.1, -0.05) is 23.7 Å². The summed E-state index contributed by atoms with van der Waals surface area (Å²) in [7, 11) is 1.63. The molecular weight excluding hydrogens is 332 g/mol. The minimum atomic E-state index is 0.0413. The molecule has 0 aromatic heterocycles. The van der Waals surface area contributed by atoms with E-state index < -0.39 is 0 Å². The topological polar surface area (TPSA) is 42.5 Å². The Bertz CT molecular complexity index is 649. The average Bonchev–Trinajstić information content (AvgIpc) is 2.55. The number of hydrogen-bond acceptors (Lipinski definition) is 3. The van der Waals surface area contributed by atoms with Crippen LogP contribution >= 0.6 is 23.8 Å². The smallest absolute Gasteiger partial charge is 0.171 e. The molecule has 0 spiro atoms. The number of anilines is 1. The van der Waals surface area contributed by atoms with Crippen molar-refractivity contribution in [3.63, 3.8) is 0 Å². The SMILES string of the molecule is COc1ccc(OC[C@H](C)NC(=S)Nc2ccccc2Cl)cc1. The quantitative estimate of drug-likeness (QED) is 0.768. The summed E-state index contributed by atoms with van der Waals surface area (Å²) >= 11 is 11.4. The summed E-state index contributed by atoms with van der Waals surface area (Å²) in [6, 6.07) is 14.9. The van der Waals surface area contributed by atoms with Crippen molar-refractivity contribution in [3.8, 4) is 11.5 Å². The summed E-state index contributed by atoms with van der Waals surface area (Å²) in [4.78, 5) is 0. The fourth-order valence-corrected chi connectivity index (χ4v) is 2.37. The van der Waals surface area contributed by atoms with Gasteiger partial charge in [0, 0.05) is 0 Å². The van der Waals surface area contributed by atoms with E-state index in [0.29, 0.717) is 16.7 Å². The number of rotatable bonds is 6. The predicted octanol–water partition coefficient (Wildman–Crippen LogP) is 4.10. The van der Waals surface area contributed by atoms with Crippen molar-refractivity contribution in [2.45, 2.75) is 13.0 Å². The Labute approximate surface area is 146 Å². The molecule has 0 aliphatic heterocycles. The van der Waals surface area contributed by atoms with Gasteiger partial charge in [-0.3, -0.25) is 0 Å². The van der Waals surface area contributed by atoms with Crippen molar-refractivity contribution >= 4 is 34.6 Å². The van der Waals surface area contributed by atoms with Gasteiger partial charge in [0.15, 0.2) is 5.11 Å². The zero-order valence-electron chi connectivity index (χ0n) is 13.0. The summed E-state index contributed by atoms with van der Waals surface area (Å²) in [5, 5.41) is 7.36. The lowest BCUT2D eigenvalue weighted by atomic mass is 10.3. The summed E-state index contributed by atoms with van der Waals surface area (Å²) in [5.74, 6) is 1.58. The molecule has 0 bridgehead atoms. The normalized spacial score (nSPS) is 11.4. The molecule has 2 aromatic rings. The Morgan fingerprint density at radius 1 is 1.13 bits per heavy atom. The van der Waals surface area contributed by atoms with Gasteiger partial charge < -0.3 is 20.1 Å². The highest BCUT2D eigenvalue weighted by Gasteiger charge is 2.07. The molecule has 0 radical (unpaired) electrons. The lowest BCUT2D eigenvalue weighted by Gasteiger charge is -2.18. The maximum absolute atomic E-state index is 6.09. The molecule has 2 rings (SSSR count). The Kier molecular flexibility index (Phi) is 6.50. The van der Waals surface area contributed by atoms with Crippen molar-refractivity contribution in [1.82, 2.24) is 5.32 Å². The largest absolute Gasteiger partial charge is 0.497 e. The van der Waals surface area contributed by atoms with Crippen LogP contribution in [0.5, 0.6) is 11.5 Å². The highest BCUT2D eigenvalue weighted by molar-refractivity contribution is 7.80. The Morgan fingerprint density at radius 2 is 1.78 bits per heavy atom. The molecule has 2 N–H and O–H groups in total. The molecule has 0 saturated heterocycles. The molecule has 0 unspecified atom stereocenters. The maximum Gasteiger partial charge on any atom is 0.171 e. The first kappa shape index (κ1) is 17.4. The van der Waals surface area contributed by atoms with E-state index in [2.05, 4.69) is 10.6 Å². The molecule has 4 nitrogen and oxygen atoms in total. The first-order chi connectivity index (χ1) is 11.1. The van der Waals surface area contributed by atoms with Gasteiger partial charge >= 0.3 is 0 Å². The van der Waals surface area contributed by atoms with Gasteiger partial charge in [-0.05, 0) is 55.5 Å². The second-order valence-corrected chi connectivity index (χ2v) is 5.78. The molecular formula is C17H19ClN2O2S. The van der Waals surface area contributed by atoms with E-state index in [4.69, 9.17) is 33.3 Å². The summed E-state index contributed by atoms with van der Waals surface area (Å²) in [6.45, 7) is 2.47. The third kappa shape index (κ3) is 5.62. The Balaban J connectivity index is 1.78. The highest BCUT2D eigenvalue weighted by Crippen LogP contribution is 2.20. The number of benzene rings is 2. The summed E-state index contributed by atoms with van der Waals surface area (Å²) in [5.41, 5.74) is 0.773. The molecule has 2 aromatic carbocycles. The molecule has 0 heterocycles. The third-order valence-electron chi connectivity index (χ3n) is 3.06. The van der Waals surface area contributed by atoms with Crippen molar-refractivity contribution in [1.29, 1.82) is 0 Å². The number of methoxy groups -OCH3 is 1. The van der Waals surface area contributed by atoms with Gasteiger partial charge in [0.25, 0.3) is 0 Å². The average molecular weight is 351 g/mol. The van der Waals surface area contributed by atoms with Crippen LogP contribution in [0.4, 0.5) is 5.69 Å². The minimum absolute atomic E-state index is 0.0413. The predicted molar refractivity (Wildman–Crippen MR) is 98.8 cm³/mol. The van der Waals surface area contributed by atoms with Crippen molar-refractivity contribution < 1.29 is 9.47 Å². The number of halogens is 1. The van der Waals surface area contributed by atoms with Crippen LogP contribution in [0.1, 0.15) is 6.92 Å². The second-order valence-electron chi connectivity index (χ2n) is 4.97. The van der Waals surface area contributed by atoms with Crippen LogP contribution in [0.15, 0.2) is 48.5 Å². The maximum atomic E-state index is 6.09. The Morgan fingerprint density at radius 3 is 2.43 bits per heavy atom. The third-order valence-corrected chi connectivity index (χ3v) is 3.61.